The summed E-state index contributed by atoms with van der Waals surface area (Å²) in [4.78, 5) is 53.1. The second-order valence-corrected chi connectivity index (χ2v) is 29.9. The molecule has 9 N–H and O–H groups in total. The highest BCUT2D eigenvalue weighted by atomic mass is 19.1. The number of nitrogens with zero attached hydrogens (tertiary/aromatic N) is 2. The van der Waals surface area contributed by atoms with Crippen molar-refractivity contribution in [3.05, 3.63) is 192 Å². The Bertz CT molecular complexity index is 4250. The maximum absolute atomic E-state index is 14.8. The molecule has 9 rings (SSSR count). The average Bonchev–Trinajstić information content (AvgIpc) is 1.59. The molecular weight excluding hydrogens is 1480 g/mol. The zero-order chi connectivity index (χ0) is 82.9. The van der Waals surface area contributed by atoms with Crippen LogP contribution >= 0.6 is 0 Å². The van der Waals surface area contributed by atoms with E-state index < -0.39 is 47.9 Å². The number of ether oxygens (including phenoxy) is 11. The maximum Gasteiger partial charge on any atom is 0.308 e. The Morgan fingerprint density at radius 2 is 0.896 bits per heavy atom. The van der Waals surface area contributed by atoms with E-state index in [1.807, 2.05) is 138 Å². The number of rotatable bonds is 46. The molecule has 3 heterocycles. The molecule has 2 aromatic heterocycles. The summed E-state index contributed by atoms with van der Waals surface area (Å²) in [6.45, 7) is 25.2. The number of benzene rings is 6. The van der Waals surface area contributed by atoms with Crippen molar-refractivity contribution in [2.75, 3.05) is 116 Å². The van der Waals surface area contributed by atoms with E-state index >= 15 is 0 Å². The number of carboxylic acids is 1. The first-order chi connectivity index (χ1) is 55.2. The van der Waals surface area contributed by atoms with Gasteiger partial charge in [-0.25, -0.2) is 8.78 Å². The van der Waals surface area contributed by atoms with E-state index in [0.29, 0.717) is 181 Å². The van der Waals surface area contributed by atoms with Crippen LogP contribution in [-0.2, 0) is 65.3 Å². The number of anilines is 2. The third kappa shape index (κ3) is 29.5. The van der Waals surface area contributed by atoms with Crippen LogP contribution in [0.15, 0.2) is 158 Å². The Balaban J connectivity index is 0.000000290. The van der Waals surface area contributed by atoms with E-state index in [-0.39, 0.29) is 67.3 Å². The average molecular weight is 1600 g/mol. The number of carboxylic acid groups (broad SMARTS) is 1. The van der Waals surface area contributed by atoms with Crippen LogP contribution < -0.4 is 31.6 Å². The Hall–Kier alpha value is -9.26. The predicted octanol–water partition coefficient (Wildman–Crippen LogP) is 14.5. The number of hydrogen-bond acceptors (Lipinski definition) is 19. The van der Waals surface area contributed by atoms with Crippen molar-refractivity contribution < 1.29 is 95.4 Å². The molecule has 0 unspecified atom stereocenters. The summed E-state index contributed by atoms with van der Waals surface area (Å²) in [5.41, 5.74) is 19.7. The minimum atomic E-state index is -1.21. The number of amides is 2. The number of nitrogens with two attached hydrogens (primary N) is 2. The molecule has 0 radical (unpaired) electrons. The van der Waals surface area contributed by atoms with Gasteiger partial charge in [-0.3, -0.25) is 19.2 Å². The topological polar surface area (TPSA) is 316 Å². The van der Waals surface area contributed by atoms with E-state index in [1.165, 1.54) is 24.3 Å². The molecule has 26 heteroatoms. The summed E-state index contributed by atoms with van der Waals surface area (Å²) >= 11 is 0. The summed E-state index contributed by atoms with van der Waals surface area (Å²) in [6, 6.07) is 45.9. The molecule has 0 spiro atoms. The van der Waals surface area contributed by atoms with Gasteiger partial charge in [0.2, 0.25) is 0 Å². The van der Waals surface area contributed by atoms with Gasteiger partial charge in [0.25, 0.3) is 11.8 Å². The number of hydrogen-bond donors (Lipinski definition) is 7. The fourth-order valence-corrected chi connectivity index (χ4v) is 13.7. The van der Waals surface area contributed by atoms with E-state index in [4.69, 9.17) is 68.7 Å². The van der Waals surface area contributed by atoms with Crippen LogP contribution in [0.3, 0.4) is 0 Å². The van der Waals surface area contributed by atoms with E-state index in [2.05, 4.69) is 29.0 Å². The molecule has 0 aliphatic carbocycles. The molecule has 0 bridgehead atoms. The molecule has 1 saturated heterocycles. The quantitative estimate of drug-likeness (QED) is 0.0138. The van der Waals surface area contributed by atoms with E-state index in [1.54, 1.807) is 48.5 Å². The molecular formula is C89H116F2N6O18. The van der Waals surface area contributed by atoms with Crippen molar-refractivity contribution in [3.8, 4) is 56.3 Å². The highest BCUT2D eigenvalue weighted by molar-refractivity contribution is 6.13. The maximum atomic E-state index is 14.8. The van der Waals surface area contributed by atoms with Crippen LogP contribution in [0.25, 0.3) is 44.8 Å². The lowest BCUT2D eigenvalue weighted by molar-refractivity contribution is -0.301. The smallest absolute Gasteiger partial charge is 0.308 e. The second kappa shape index (κ2) is 46.5. The van der Waals surface area contributed by atoms with E-state index in [0.717, 1.165) is 33.6 Å². The minimum absolute atomic E-state index is 0.0933. The minimum Gasteiger partial charge on any atom is -0.491 e. The number of aliphatic hydroxyl groups excluding tert-OH is 2. The van der Waals surface area contributed by atoms with Crippen molar-refractivity contribution in [1.29, 1.82) is 0 Å². The lowest BCUT2D eigenvalue weighted by atomic mass is 9.94. The van der Waals surface area contributed by atoms with Crippen molar-refractivity contribution in [1.82, 2.24) is 9.13 Å². The van der Waals surface area contributed by atoms with Crippen molar-refractivity contribution in [3.63, 3.8) is 0 Å². The first-order valence-corrected chi connectivity index (χ1v) is 39.5. The number of aromatic nitrogens is 2. The van der Waals surface area contributed by atoms with Gasteiger partial charge in [-0.15, -0.1) is 0 Å². The lowest BCUT2D eigenvalue weighted by Crippen LogP contribution is -2.46. The van der Waals surface area contributed by atoms with Gasteiger partial charge >= 0.3 is 11.9 Å². The highest BCUT2D eigenvalue weighted by Crippen LogP contribution is 2.46. The summed E-state index contributed by atoms with van der Waals surface area (Å²) in [5.74, 6) is -2.83. The molecule has 0 saturated carbocycles. The largest absolute Gasteiger partial charge is 0.491 e. The molecule has 4 atom stereocenters. The van der Waals surface area contributed by atoms with Crippen molar-refractivity contribution in [2.45, 2.75) is 162 Å². The lowest BCUT2D eigenvalue weighted by Gasteiger charge is -2.41. The number of halogens is 2. The van der Waals surface area contributed by atoms with Crippen LogP contribution in [0.5, 0.6) is 11.5 Å². The van der Waals surface area contributed by atoms with Crippen LogP contribution in [-0.4, -0.2) is 190 Å². The normalized spacial score (nSPS) is 14.6. The van der Waals surface area contributed by atoms with E-state index in [9.17, 15) is 38.2 Å². The summed E-state index contributed by atoms with van der Waals surface area (Å²) in [5, 5.41) is 36.3. The summed E-state index contributed by atoms with van der Waals surface area (Å²) in [6.07, 6.45) is -2.18. The number of carbonyl (C=O) groups excluding carboxylic acids is 3. The van der Waals surface area contributed by atoms with Gasteiger partial charge in [0.15, 0.2) is 5.79 Å². The molecule has 624 valence electrons. The number of aliphatic carboxylic acids is 1. The predicted molar refractivity (Wildman–Crippen MR) is 439 cm³/mol. The van der Waals surface area contributed by atoms with Crippen molar-refractivity contribution >= 4 is 35.1 Å². The van der Waals surface area contributed by atoms with Gasteiger partial charge in [-0.05, 0) is 185 Å². The molecule has 1 aliphatic heterocycles. The molecule has 24 nitrogen and oxygen atoms in total. The monoisotopic (exact) mass is 1590 g/mol. The third-order valence-corrected chi connectivity index (χ3v) is 18.3. The Morgan fingerprint density at radius 3 is 1.28 bits per heavy atom. The first-order valence-electron chi connectivity index (χ1n) is 39.5. The van der Waals surface area contributed by atoms with Gasteiger partial charge in [0.05, 0.1) is 139 Å². The molecule has 8 aromatic rings. The van der Waals surface area contributed by atoms with Gasteiger partial charge in [-0.1, -0.05) is 88.4 Å². The fraction of sp³-hybridized carbons (Fsp3) is 0.461. The zero-order valence-electron chi connectivity index (χ0n) is 67.7. The fourth-order valence-electron chi connectivity index (χ4n) is 13.7. The Morgan fingerprint density at radius 1 is 0.513 bits per heavy atom. The summed E-state index contributed by atoms with van der Waals surface area (Å²) < 4.78 is 95.4. The van der Waals surface area contributed by atoms with Crippen LogP contribution in [0, 0.1) is 11.6 Å². The molecule has 1 fully saturated rings. The van der Waals surface area contributed by atoms with Gasteiger partial charge in [-0.2, -0.15) is 0 Å². The molecule has 115 heavy (non-hydrogen) atoms. The van der Waals surface area contributed by atoms with Crippen LogP contribution in [0.2, 0.25) is 0 Å². The molecule has 6 aromatic carbocycles. The number of esters is 1. The zero-order valence-corrected chi connectivity index (χ0v) is 67.7. The SMILES string of the molecule is CC(C)c1c(C(=O)Nc2ccc(OCCOCCOCCOCCN)cc2)c(-c2ccccc2)c(-c2ccc(F)cc2)n1CC[C@@H](O)C[C@@H](O)CC(=O)O.CC(C)c1c(C(=O)Nc2ccc(OCCOCCOCCOCCN)cc2)c(-c2ccccc2)c(-c2ccc(F)cc2)n1CC[C@@H]1C[C@H](CC(=O)OC(C)(C)C)OC(C)(C)O1. The highest BCUT2D eigenvalue weighted by Gasteiger charge is 2.39. The number of nitrogens with one attached hydrogen (secondary N) is 2. The summed E-state index contributed by atoms with van der Waals surface area (Å²) in [7, 11) is 0. The van der Waals surface area contributed by atoms with Crippen LogP contribution in [0.1, 0.15) is 145 Å². The third-order valence-electron chi connectivity index (χ3n) is 18.3. The number of carbonyl (C=O) groups is 4. The second-order valence-electron chi connectivity index (χ2n) is 29.9. The standard InChI is InChI=1S/C48H64FN3O9.C41H52FN3O9/c1-33(2)44-43(46(54)51-37-17-19-38(20-18-37)58-30-29-57-28-27-56-26-25-55-24-22-50)42(34-11-9-8-10-12-34)45(35-13-15-36(49)16-14-35)52(44)23-21-39-31-40(60-48(6,7)59-39)32-41(53)61-47(3,4)5;1-28(2)39-38(41(50)44-32-12-14-35(15-13-32)54-25-24-53-23-22-52-21-20-51-19-17-43)37(29-6-4-3-5-7-29)40(30-8-10-31(42)11-9-30)45(39)18-16-33(46)26-34(47)27-36(48)49/h8-20,33,39-40H,21-32,50H2,1-7H3,(H,51,54);3-15,28,33-34,46-47H,16-27,43H2,1-2H3,(H,44,50)(H,48,49)/t39-,40-;33-,34-/m11/s1. The van der Waals surface area contributed by atoms with Crippen LogP contribution in [0.4, 0.5) is 20.2 Å². The molecule has 1 aliphatic rings. The van der Waals surface area contributed by atoms with Gasteiger partial charge < -0.3 is 98.7 Å². The Labute approximate surface area is 673 Å². The van der Waals surface area contributed by atoms with Crippen molar-refractivity contribution in [2.24, 2.45) is 11.5 Å². The first kappa shape index (κ1) is 91.3. The van der Waals surface area contributed by atoms with Gasteiger partial charge in [0, 0.05) is 66.5 Å². The molecule has 2 amide bonds. The number of aliphatic hydroxyl groups is 2. The Kier molecular flexibility index (Phi) is 36.9. The van der Waals surface area contributed by atoms with Gasteiger partial charge in [0.1, 0.15) is 41.9 Å².